The minimum atomic E-state index is -1.30. The molecule has 0 aromatic carbocycles. The second-order valence-corrected chi connectivity index (χ2v) is 6.25. The lowest BCUT2D eigenvalue weighted by atomic mass is 9.93. The van der Waals surface area contributed by atoms with Crippen LogP contribution >= 0.6 is 0 Å². The Bertz CT molecular complexity index is 664. The van der Waals surface area contributed by atoms with Gasteiger partial charge >= 0.3 is 0 Å². The first-order chi connectivity index (χ1) is 11.6. The maximum Gasteiger partial charge on any atom is 0.292 e. The molecule has 2 aromatic rings. The Morgan fingerprint density at radius 2 is 2.17 bits per heavy atom. The van der Waals surface area contributed by atoms with E-state index >= 15 is 0 Å². The fourth-order valence-electron chi connectivity index (χ4n) is 2.79. The van der Waals surface area contributed by atoms with Gasteiger partial charge in [-0.25, -0.2) is 4.39 Å². The molecule has 0 unspecified atom stereocenters. The lowest BCUT2D eigenvalue weighted by Gasteiger charge is -2.36. The van der Waals surface area contributed by atoms with Crippen LogP contribution in [0, 0.1) is 6.92 Å². The molecule has 1 aliphatic rings. The number of carbonyl (C=O) groups is 1. The molecule has 7 heteroatoms. The minimum absolute atomic E-state index is 0.199. The monoisotopic (exact) mass is 332 g/mol. The standard InChI is InChI=1S/C17H21FN4O2/c1-13-2-3-14(20-10-13)11-19-12-17(18)5-8-22(9-6-17)16(23)15-4-7-21-24-15/h2-4,7,10,19H,5-6,8-9,11-12H2,1H3. The summed E-state index contributed by atoms with van der Waals surface area (Å²) in [5.41, 5.74) is 0.690. The van der Waals surface area contributed by atoms with Crippen LogP contribution in [0.4, 0.5) is 4.39 Å². The molecule has 3 rings (SSSR count). The van der Waals surface area contributed by atoms with Crippen LogP contribution in [-0.2, 0) is 6.54 Å². The van der Waals surface area contributed by atoms with Crippen molar-refractivity contribution in [3.63, 3.8) is 0 Å². The van der Waals surface area contributed by atoms with Crippen LogP contribution in [0.15, 0.2) is 35.1 Å². The molecule has 0 bridgehead atoms. The summed E-state index contributed by atoms with van der Waals surface area (Å²) >= 11 is 0. The number of nitrogens with zero attached hydrogens (tertiary/aromatic N) is 3. The van der Waals surface area contributed by atoms with E-state index in [0.717, 1.165) is 11.3 Å². The molecule has 128 valence electrons. The van der Waals surface area contributed by atoms with Crippen molar-refractivity contribution in [1.29, 1.82) is 0 Å². The Morgan fingerprint density at radius 1 is 1.38 bits per heavy atom. The highest BCUT2D eigenvalue weighted by molar-refractivity contribution is 5.91. The Balaban J connectivity index is 1.46. The van der Waals surface area contributed by atoms with Gasteiger partial charge < -0.3 is 14.7 Å². The number of pyridine rings is 1. The second kappa shape index (κ2) is 7.09. The SMILES string of the molecule is Cc1ccc(CNCC2(F)CCN(C(=O)c3ccno3)CC2)nc1. The van der Waals surface area contributed by atoms with Gasteiger partial charge in [-0.3, -0.25) is 9.78 Å². The quantitative estimate of drug-likeness (QED) is 0.908. The highest BCUT2D eigenvalue weighted by Gasteiger charge is 2.36. The van der Waals surface area contributed by atoms with E-state index in [2.05, 4.69) is 15.5 Å². The zero-order valence-corrected chi connectivity index (χ0v) is 13.7. The third-order valence-electron chi connectivity index (χ3n) is 4.32. The summed E-state index contributed by atoms with van der Waals surface area (Å²) in [6, 6.07) is 5.45. The first-order valence-electron chi connectivity index (χ1n) is 8.07. The first kappa shape index (κ1) is 16.6. The molecule has 6 nitrogen and oxygen atoms in total. The van der Waals surface area contributed by atoms with E-state index in [-0.39, 0.29) is 18.2 Å². The van der Waals surface area contributed by atoms with Crippen molar-refractivity contribution in [2.24, 2.45) is 0 Å². The summed E-state index contributed by atoms with van der Waals surface area (Å²) in [6.07, 6.45) is 3.85. The first-order valence-corrected chi connectivity index (χ1v) is 8.07. The number of likely N-dealkylation sites (tertiary alicyclic amines) is 1. The van der Waals surface area contributed by atoms with E-state index in [9.17, 15) is 9.18 Å². The number of halogens is 1. The van der Waals surface area contributed by atoms with Gasteiger partial charge in [0.2, 0.25) is 5.76 Å². The fourth-order valence-corrected chi connectivity index (χ4v) is 2.79. The molecule has 3 heterocycles. The molecule has 24 heavy (non-hydrogen) atoms. The third kappa shape index (κ3) is 3.97. The Kier molecular flexibility index (Phi) is 4.89. The predicted octanol–water partition coefficient (Wildman–Crippen LogP) is 2.11. The Morgan fingerprint density at radius 3 is 2.79 bits per heavy atom. The molecule has 0 atom stereocenters. The van der Waals surface area contributed by atoms with Gasteiger partial charge in [-0.15, -0.1) is 0 Å². The van der Waals surface area contributed by atoms with E-state index in [4.69, 9.17) is 4.52 Å². The summed E-state index contributed by atoms with van der Waals surface area (Å²) in [4.78, 5) is 18.0. The highest BCUT2D eigenvalue weighted by atomic mass is 19.1. The number of aryl methyl sites for hydroxylation is 1. The topological polar surface area (TPSA) is 71.3 Å². The molecule has 0 radical (unpaired) electrons. The van der Waals surface area contributed by atoms with Gasteiger partial charge in [-0.1, -0.05) is 11.2 Å². The van der Waals surface area contributed by atoms with Crippen molar-refractivity contribution in [2.45, 2.75) is 32.0 Å². The number of hydrogen-bond donors (Lipinski definition) is 1. The number of carbonyl (C=O) groups excluding carboxylic acids is 1. The van der Waals surface area contributed by atoms with Crippen molar-refractivity contribution in [1.82, 2.24) is 20.4 Å². The maximum atomic E-state index is 14.9. The van der Waals surface area contributed by atoms with E-state index in [1.54, 1.807) is 11.1 Å². The molecule has 2 aromatic heterocycles. The largest absolute Gasteiger partial charge is 0.351 e. The second-order valence-electron chi connectivity index (χ2n) is 6.25. The van der Waals surface area contributed by atoms with Crippen LogP contribution in [0.25, 0.3) is 0 Å². The summed E-state index contributed by atoms with van der Waals surface area (Å²) < 4.78 is 19.7. The lowest BCUT2D eigenvalue weighted by Crippen LogP contribution is -2.48. The summed E-state index contributed by atoms with van der Waals surface area (Å²) in [7, 11) is 0. The summed E-state index contributed by atoms with van der Waals surface area (Å²) in [6.45, 7) is 3.52. The number of alkyl halides is 1. The molecular weight excluding hydrogens is 311 g/mol. The predicted molar refractivity (Wildman–Crippen MR) is 86.2 cm³/mol. The zero-order valence-electron chi connectivity index (χ0n) is 13.7. The zero-order chi connectivity index (χ0) is 17.0. The van der Waals surface area contributed by atoms with Gasteiger partial charge in [0, 0.05) is 51.3 Å². The van der Waals surface area contributed by atoms with Gasteiger partial charge in [0.25, 0.3) is 5.91 Å². The van der Waals surface area contributed by atoms with Crippen LogP contribution in [0.3, 0.4) is 0 Å². The number of hydrogen-bond acceptors (Lipinski definition) is 5. The molecule has 1 aliphatic heterocycles. The van der Waals surface area contributed by atoms with Crippen LogP contribution in [0.1, 0.15) is 34.7 Å². The molecule has 0 aliphatic carbocycles. The number of rotatable bonds is 5. The van der Waals surface area contributed by atoms with Crippen LogP contribution in [0.5, 0.6) is 0 Å². The average Bonchev–Trinajstić information content (AvgIpc) is 3.11. The molecule has 1 amide bonds. The van der Waals surface area contributed by atoms with Crippen molar-refractivity contribution in [3.8, 4) is 0 Å². The molecule has 1 fully saturated rings. The van der Waals surface area contributed by atoms with Gasteiger partial charge in [0.1, 0.15) is 5.67 Å². The smallest absolute Gasteiger partial charge is 0.292 e. The van der Waals surface area contributed by atoms with E-state index in [1.807, 2.05) is 19.1 Å². The Labute approximate surface area is 140 Å². The van der Waals surface area contributed by atoms with Crippen LogP contribution in [0.2, 0.25) is 0 Å². The van der Waals surface area contributed by atoms with Crippen molar-refractivity contribution < 1.29 is 13.7 Å². The molecule has 0 spiro atoms. The summed E-state index contributed by atoms with van der Waals surface area (Å²) in [5, 5.41) is 6.66. The van der Waals surface area contributed by atoms with Crippen molar-refractivity contribution in [3.05, 3.63) is 47.6 Å². The lowest BCUT2D eigenvalue weighted by molar-refractivity contribution is 0.0405. The number of nitrogens with one attached hydrogen (secondary N) is 1. The normalized spacial score (nSPS) is 17.0. The van der Waals surface area contributed by atoms with Crippen LogP contribution in [-0.4, -0.2) is 46.3 Å². The fraction of sp³-hybridized carbons (Fsp3) is 0.471. The van der Waals surface area contributed by atoms with Gasteiger partial charge in [0.15, 0.2) is 0 Å². The van der Waals surface area contributed by atoms with Crippen molar-refractivity contribution >= 4 is 5.91 Å². The molecule has 1 saturated heterocycles. The number of amides is 1. The van der Waals surface area contributed by atoms with Gasteiger partial charge in [-0.05, 0) is 18.6 Å². The van der Waals surface area contributed by atoms with E-state index < -0.39 is 5.67 Å². The van der Waals surface area contributed by atoms with E-state index in [1.165, 1.54) is 12.3 Å². The van der Waals surface area contributed by atoms with Crippen LogP contribution < -0.4 is 5.32 Å². The number of aromatic nitrogens is 2. The van der Waals surface area contributed by atoms with Crippen molar-refractivity contribution in [2.75, 3.05) is 19.6 Å². The third-order valence-corrected chi connectivity index (χ3v) is 4.32. The van der Waals surface area contributed by atoms with Gasteiger partial charge in [0.05, 0.1) is 11.9 Å². The maximum absolute atomic E-state index is 14.9. The highest BCUT2D eigenvalue weighted by Crippen LogP contribution is 2.26. The molecule has 1 N–H and O–H groups in total. The number of piperidine rings is 1. The molecule has 0 saturated carbocycles. The average molecular weight is 332 g/mol. The summed E-state index contributed by atoms with van der Waals surface area (Å²) in [5.74, 6) is -0.0312. The molecular formula is C17H21FN4O2. The van der Waals surface area contributed by atoms with E-state index in [0.29, 0.717) is 32.5 Å². The minimum Gasteiger partial charge on any atom is -0.351 e. The van der Waals surface area contributed by atoms with Gasteiger partial charge in [-0.2, -0.15) is 0 Å². The Hall–Kier alpha value is -2.28.